The van der Waals surface area contributed by atoms with E-state index in [0.717, 1.165) is 5.56 Å². The number of hydrogen-bond acceptors (Lipinski definition) is 6. The average Bonchev–Trinajstić information content (AvgIpc) is 3.42. The molecule has 1 aliphatic carbocycles. The van der Waals surface area contributed by atoms with Crippen LogP contribution in [0.1, 0.15) is 89.2 Å². The number of nitriles is 1. The van der Waals surface area contributed by atoms with Crippen molar-refractivity contribution in [1.82, 2.24) is 15.5 Å². The van der Waals surface area contributed by atoms with Gasteiger partial charge in [-0.25, -0.2) is 0 Å². The van der Waals surface area contributed by atoms with E-state index in [0.29, 0.717) is 54.3 Å². The molecular weight excluding hydrogens is 604 g/mol. The van der Waals surface area contributed by atoms with E-state index in [1.807, 2.05) is 32.9 Å². The van der Waals surface area contributed by atoms with E-state index in [1.54, 1.807) is 35.2 Å². The third kappa shape index (κ3) is 7.67. The van der Waals surface area contributed by atoms with E-state index in [1.165, 1.54) is 0 Å². The van der Waals surface area contributed by atoms with Crippen LogP contribution >= 0.6 is 11.6 Å². The molecule has 0 radical (unpaired) electrons. The minimum Gasteiger partial charge on any atom is -0.489 e. The summed E-state index contributed by atoms with van der Waals surface area (Å²) in [5.41, 5.74) is 0.750. The number of β-amino-alcohol motifs (C(OH)–C–C–N with tert-alkyl or cyclic N) is 1. The predicted molar refractivity (Wildman–Crippen MR) is 177 cm³/mol. The van der Waals surface area contributed by atoms with Gasteiger partial charge in [-0.2, -0.15) is 5.26 Å². The quantitative estimate of drug-likeness (QED) is 0.321. The molecule has 248 valence electrons. The molecule has 1 saturated carbocycles. The third-order valence-corrected chi connectivity index (χ3v) is 9.72. The zero-order valence-electron chi connectivity index (χ0n) is 27.9. The summed E-state index contributed by atoms with van der Waals surface area (Å²) in [7, 11) is 0. The Labute approximate surface area is 277 Å². The van der Waals surface area contributed by atoms with Crippen LogP contribution in [0.4, 0.5) is 0 Å². The van der Waals surface area contributed by atoms with Crippen molar-refractivity contribution < 1.29 is 24.2 Å². The van der Waals surface area contributed by atoms with E-state index in [4.69, 9.17) is 21.6 Å². The molecule has 46 heavy (non-hydrogen) atoms. The van der Waals surface area contributed by atoms with Gasteiger partial charge in [0.15, 0.2) is 0 Å². The van der Waals surface area contributed by atoms with E-state index in [-0.39, 0.29) is 47.1 Å². The second kappa shape index (κ2) is 13.6. The lowest BCUT2D eigenvalue weighted by Gasteiger charge is -2.63. The molecule has 1 aliphatic heterocycles. The van der Waals surface area contributed by atoms with E-state index in [9.17, 15) is 19.5 Å². The number of amides is 3. The first-order valence-corrected chi connectivity index (χ1v) is 16.3. The molecular formula is C36H47ClN4O5. The Morgan fingerprint density at radius 1 is 1.11 bits per heavy atom. The fourth-order valence-electron chi connectivity index (χ4n) is 7.09. The number of aliphatic hydroxyl groups excluding tert-OH is 1. The summed E-state index contributed by atoms with van der Waals surface area (Å²) in [5, 5.41) is 25.5. The smallest absolute Gasteiger partial charge is 0.251 e. The predicted octanol–water partition coefficient (Wildman–Crippen LogP) is 5.27. The van der Waals surface area contributed by atoms with Crippen LogP contribution in [-0.4, -0.2) is 65.1 Å². The first kappa shape index (κ1) is 35.2. The van der Waals surface area contributed by atoms with Crippen molar-refractivity contribution in [2.45, 2.75) is 98.4 Å². The van der Waals surface area contributed by atoms with Crippen molar-refractivity contribution in [1.29, 1.82) is 5.26 Å². The van der Waals surface area contributed by atoms with Crippen LogP contribution in [0, 0.1) is 27.6 Å². The van der Waals surface area contributed by atoms with Gasteiger partial charge in [0.25, 0.3) is 5.91 Å². The molecule has 1 heterocycles. The molecule has 2 aliphatic rings. The largest absolute Gasteiger partial charge is 0.489 e. The minimum atomic E-state index is -0.662. The lowest BCUT2D eigenvalue weighted by atomic mass is 9.49. The van der Waals surface area contributed by atoms with Crippen molar-refractivity contribution in [3.8, 4) is 11.8 Å². The van der Waals surface area contributed by atoms with Crippen LogP contribution in [-0.2, 0) is 16.0 Å². The standard InChI is InChI=1S/C36H47ClN4O5/c1-34(2,3)29(31(45)41-18-17-25(42)21-41)39-28(43)10-8-9-22-11-13-23(14-12-22)30(44)40-32-35(4,5)33(36(32,6)7)46-26-16-15-24(20-38)27(37)19-26/h11-16,19,25,29,32-33,42H,8-10,17-18,21H2,1-7H3,(H,39,43)(H,40,44)/t25-,29?,32?,33?/m1/s1. The highest BCUT2D eigenvalue weighted by Gasteiger charge is 2.64. The van der Waals surface area contributed by atoms with Gasteiger partial charge in [0.2, 0.25) is 11.8 Å². The van der Waals surface area contributed by atoms with Crippen molar-refractivity contribution >= 4 is 29.3 Å². The minimum absolute atomic E-state index is 0.149. The van der Waals surface area contributed by atoms with Gasteiger partial charge in [0.1, 0.15) is 24.0 Å². The topological polar surface area (TPSA) is 132 Å². The van der Waals surface area contributed by atoms with E-state index < -0.39 is 17.6 Å². The Bertz CT molecular complexity index is 1480. The van der Waals surface area contributed by atoms with Gasteiger partial charge in [-0.1, -0.05) is 72.2 Å². The molecule has 3 N–H and O–H groups in total. The van der Waals surface area contributed by atoms with Gasteiger partial charge in [0, 0.05) is 48.0 Å². The monoisotopic (exact) mass is 650 g/mol. The molecule has 10 heteroatoms. The van der Waals surface area contributed by atoms with E-state index in [2.05, 4.69) is 44.4 Å². The fourth-order valence-corrected chi connectivity index (χ4v) is 7.31. The number of aryl methyl sites for hydroxylation is 1. The summed E-state index contributed by atoms with van der Waals surface area (Å²) in [4.78, 5) is 40.8. The Kier molecular flexibility index (Phi) is 10.4. The van der Waals surface area contributed by atoms with Crippen LogP contribution in [0.2, 0.25) is 5.02 Å². The Morgan fingerprint density at radius 3 is 2.30 bits per heavy atom. The van der Waals surface area contributed by atoms with Crippen LogP contribution < -0.4 is 15.4 Å². The van der Waals surface area contributed by atoms with Crippen molar-refractivity contribution in [3.05, 3.63) is 64.2 Å². The summed E-state index contributed by atoms with van der Waals surface area (Å²) in [5.74, 6) is 0.0807. The van der Waals surface area contributed by atoms with Crippen molar-refractivity contribution in [2.75, 3.05) is 13.1 Å². The number of hydrogen-bond donors (Lipinski definition) is 3. The number of halogens is 1. The highest BCUT2D eigenvalue weighted by atomic mass is 35.5. The second-order valence-electron chi connectivity index (χ2n) is 14.9. The number of carbonyl (C=O) groups is 3. The number of benzene rings is 2. The average molecular weight is 651 g/mol. The van der Waals surface area contributed by atoms with Gasteiger partial charge in [-0.3, -0.25) is 14.4 Å². The molecule has 9 nitrogen and oxygen atoms in total. The molecule has 2 fully saturated rings. The van der Waals surface area contributed by atoms with Gasteiger partial charge in [-0.15, -0.1) is 0 Å². The normalized spacial score (nSPS) is 22.3. The van der Waals surface area contributed by atoms with Crippen molar-refractivity contribution in [3.63, 3.8) is 0 Å². The third-order valence-electron chi connectivity index (χ3n) is 9.41. The van der Waals surface area contributed by atoms with Gasteiger partial charge < -0.3 is 25.4 Å². The molecule has 2 atom stereocenters. The van der Waals surface area contributed by atoms with Gasteiger partial charge in [0.05, 0.1) is 16.7 Å². The number of nitrogens with one attached hydrogen (secondary N) is 2. The maximum absolute atomic E-state index is 13.3. The molecule has 0 spiro atoms. The van der Waals surface area contributed by atoms with Crippen molar-refractivity contribution in [2.24, 2.45) is 16.2 Å². The van der Waals surface area contributed by atoms with Gasteiger partial charge in [-0.05, 0) is 54.5 Å². The van der Waals surface area contributed by atoms with Crippen LogP contribution in [0.15, 0.2) is 42.5 Å². The molecule has 4 rings (SSSR count). The first-order valence-electron chi connectivity index (χ1n) is 16.0. The maximum Gasteiger partial charge on any atom is 0.251 e. The molecule has 2 aromatic carbocycles. The highest BCUT2D eigenvalue weighted by Crippen LogP contribution is 2.55. The molecule has 3 amide bonds. The SMILES string of the molecule is CC(C)(C)C(NC(=O)CCCc1ccc(C(=O)NC2C(C)(C)C(Oc3ccc(C#N)c(Cl)c3)C2(C)C)cc1)C(=O)N1CC[C@@H](O)C1. The molecule has 0 bridgehead atoms. The summed E-state index contributed by atoms with van der Waals surface area (Å²) in [6.07, 6.45) is 1.38. The summed E-state index contributed by atoms with van der Waals surface area (Å²) >= 11 is 6.21. The zero-order valence-corrected chi connectivity index (χ0v) is 28.7. The Hall–Kier alpha value is -3.61. The number of ether oxygens (including phenoxy) is 1. The maximum atomic E-state index is 13.3. The molecule has 1 unspecified atom stereocenters. The first-order chi connectivity index (χ1) is 21.4. The highest BCUT2D eigenvalue weighted by molar-refractivity contribution is 6.31. The number of aliphatic hydroxyl groups is 1. The summed E-state index contributed by atoms with van der Waals surface area (Å²) in [6.45, 7) is 14.8. The number of rotatable bonds is 10. The zero-order chi connectivity index (χ0) is 34.0. The molecule has 2 aromatic rings. The van der Waals surface area contributed by atoms with Crippen LogP contribution in [0.25, 0.3) is 0 Å². The molecule has 0 aromatic heterocycles. The summed E-state index contributed by atoms with van der Waals surface area (Å²) in [6, 6.07) is 13.7. The van der Waals surface area contributed by atoms with Gasteiger partial charge >= 0.3 is 0 Å². The Morgan fingerprint density at radius 2 is 1.76 bits per heavy atom. The van der Waals surface area contributed by atoms with E-state index >= 15 is 0 Å². The Balaban J connectivity index is 1.28. The lowest BCUT2D eigenvalue weighted by Crippen LogP contribution is -2.74. The summed E-state index contributed by atoms with van der Waals surface area (Å²) < 4.78 is 6.32. The van der Waals surface area contributed by atoms with Crippen LogP contribution in [0.5, 0.6) is 5.75 Å². The fraction of sp³-hybridized carbons (Fsp3) is 0.556. The number of nitrogens with zero attached hydrogens (tertiary/aromatic N) is 2. The number of likely N-dealkylation sites (tertiary alicyclic amines) is 1. The number of carbonyl (C=O) groups excluding carboxylic acids is 3. The molecule has 1 saturated heterocycles. The lowest BCUT2D eigenvalue weighted by molar-refractivity contribution is -0.164. The second-order valence-corrected chi connectivity index (χ2v) is 15.4. The van der Waals surface area contributed by atoms with Crippen LogP contribution in [0.3, 0.4) is 0 Å².